The van der Waals surface area contributed by atoms with E-state index in [1.54, 1.807) is 6.07 Å². The first kappa shape index (κ1) is 9.33. The lowest BCUT2D eigenvalue weighted by molar-refractivity contribution is 1.07. The second-order valence-electron chi connectivity index (χ2n) is 3.07. The molecule has 0 fully saturated rings. The average Bonchev–Trinajstić information content (AvgIpc) is 2.11. The van der Waals surface area contributed by atoms with E-state index in [1.807, 2.05) is 13.8 Å². The Kier molecular flexibility index (Phi) is 2.11. The van der Waals surface area contributed by atoms with E-state index in [2.05, 4.69) is 30.9 Å². The third-order valence-corrected chi connectivity index (χ3v) is 2.64. The van der Waals surface area contributed by atoms with Crippen LogP contribution >= 0.6 is 15.9 Å². The summed E-state index contributed by atoms with van der Waals surface area (Å²) in [6.07, 6.45) is 0. The van der Waals surface area contributed by atoms with Gasteiger partial charge in [-0.05, 0) is 35.8 Å². The van der Waals surface area contributed by atoms with Crippen LogP contribution in [0.1, 0.15) is 11.4 Å². The number of aromatic nitrogens is 3. The second kappa shape index (κ2) is 3.16. The second-order valence-corrected chi connectivity index (χ2v) is 3.93. The molecular formula is C9H8BrN3O. The molecule has 0 aliphatic carbocycles. The fraction of sp³-hybridized carbons (Fsp3) is 0.222. The van der Waals surface area contributed by atoms with Gasteiger partial charge in [-0.15, -0.1) is 0 Å². The molecule has 0 aromatic carbocycles. The van der Waals surface area contributed by atoms with E-state index in [0.717, 1.165) is 11.4 Å². The Labute approximate surface area is 88.5 Å². The van der Waals surface area contributed by atoms with Crippen molar-refractivity contribution < 1.29 is 0 Å². The molecule has 0 saturated heterocycles. The van der Waals surface area contributed by atoms with Gasteiger partial charge in [0.15, 0.2) is 5.65 Å². The monoisotopic (exact) mass is 253 g/mol. The Morgan fingerprint density at radius 2 is 1.93 bits per heavy atom. The largest absolute Gasteiger partial charge is 0.304 e. The van der Waals surface area contributed by atoms with Crippen molar-refractivity contribution in [1.82, 2.24) is 15.0 Å². The van der Waals surface area contributed by atoms with Gasteiger partial charge in [0.25, 0.3) is 5.56 Å². The number of aromatic amines is 1. The van der Waals surface area contributed by atoms with Crippen LogP contribution in [0.5, 0.6) is 0 Å². The number of hydrogen-bond donors (Lipinski definition) is 1. The maximum absolute atomic E-state index is 11.3. The van der Waals surface area contributed by atoms with Gasteiger partial charge in [0.05, 0.1) is 15.9 Å². The highest BCUT2D eigenvalue weighted by Gasteiger charge is 2.04. The van der Waals surface area contributed by atoms with Gasteiger partial charge in [0.2, 0.25) is 0 Å². The summed E-state index contributed by atoms with van der Waals surface area (Å²) in [4.78, 5) is 22.5. The maximum Gasteiger partial charge on any atom is 0.263 e. The lowest BCUT2D eigenvalue weighted by Crippen LogP contribution is -2.08. The first-order valence-electron chi connectivity index (χ1n) is 4.11. The Morgan fingerprint density at radius 1 is 1.29 bits per heavy atom. The van der Waals surface area contributed by atoms with Crippen molar-refractivity contribution in [3.8, 4) is 0 Å². The minimum atomic E-state index is -0.185. The Bertz CT molecular complexity index is 562. The summed E-state index contributed by atoms with van der Waals surface area (Å²) in [5, 5.41) is 0. The van der Waals surface area contributed by atoms with Crippen LogP contribution in [0.3, 0.4) is 0 Å². The van der Waals surface area contributed by atoms with Crippen LogP contribution < -0.4 is 5.56 Å². The highest BCUT2D eigenvalue weighted by atomic mass is 79.9. The van der Waals surface area contributed by atoms with Crippen LogP contribution in [0.15, 0.2) is 15.3 Å². The van der Waals surface area contributed by atoms with Gasteiger partial charge in [-0.1, -0.05) is 0 Å². The van der Waals surface area contributed by atoms with E-state index in [0.29, 0.717) is 15.6 Å². The zero-order valence-corrected chi connectivity index (χ0v) is 9.34. The molecule has 2 rings (SSSR count). The molecule has 0 spiro atoms. The van der Waals surface area contributed by atoms with E-state index < -0.39 is 0 Å². The smallest absolute Gasteiger partial charge is 0.263 e. The van der Waals surface area contributed by atoms with Crippen molar-refractivity contribution in [2.75, 3.05) is 0 Å². The highest BCUT2D eigenvalue weighted by molar-refractivity contribution is 9.10. The predicted octanol–water partition coefficient (Wildman–Crippen LogP) is 1.70. The number of halogens is 1. The van der Waals surface area contributed by atoms with Gasteiger partial charge in [0.1, 0.15) is 5.52 Å². The number of H-pyrrole nitrogens is 1. The topological polar surface area (TPSA) is 58.6 Å². The minimum Gasteiger partial charge on any atom is -0.304 e. The average molecular weight is 254 g/mol. The van der Waals surface area contributed by atoms with E-state index in [1.165, 1.54) is 0 Å². The third-order valence-electron chi connectivity index (χ3n) is 2.05. The summed E-state index contributed by atoms with van der Waals surface area (Å²) in [6, 6.07) is 1.67. The summed E-state index contributed by atoms with van der Waals surface area (Å²) in [7, 11) is 0. The molecule has 0 atom stereocenters. The van der Waals surface area contributed by atoms with Gasteiger partial charge in [-0.2, -0.15) is 0 Å². The summed E-state index contributed by atoms with van der Waals surface area (Å²) < 4.78 is 0.475. The molecule has 2 aromatic heterocycles. The zero-order valence-electron chi connectivity index (χ0n) is 7.76. The van der Waals surface area contributed by atoms with Crippen molar-refractivity contribution in [2.24, 2.45) is 0 Å². The Balaban J connectivity index is 2.90. The number of nitrogens with one attached hydrogen (secondary N) is 1. The molecule has 0 saturated carbocycles. The van der Waals surface area contributed by atoms with E-state index in [9.17, 15) is 4.79 Å². The molecule has 0 amide bonds. The molecule has 72 valence electrons. The van der Waals surface area contributed by atoms with Crippen molar-refractivity contribution in [3.05, 3.63) is 32.3 Å². The number of aryl methyl sites for hydroxylation is 2. The molecule has 0 aliphatic rings. The molecule has 0 bridgehead atoms. The predicted molar refractivity (Wildman–Crippen MR) is 57.3 cm³/mol. The van der Waals surface area contributed by atoms with Crippen molar-refractivity contribution in [2.45, 2.75) is 13.8 Å². The van der Waals surface area contributed by atoms with Crippen LogP contribution in [0.4, 0.5) is 0 Å². The fourth-order valence-electron chi connectivity index (χ4n) is 1.17. The van der Waals surface area contributed by atoms with E-state index >= 15 is 0 Å². The summed E-state index contributed by atoms with van der Waals surface area (Å²) in [5.74, 6) is 0. The third kappa shape index (κ3) is 1.43. The summed E-state index contributed by atoms with van der Waals surface area (Å²) in [6.45, 7) is 3.75. The minimum absolute atomic E-state index is 0.185. The van der Waals surface area contributed by atoms with Crippen molar-refractivity contribution in [3.63, 3.8) is 0 Å². The summed E-state index contributed by atoms with van der Waals surface area (Å²) in [5.41, 5.74) is 2.74. The molecule has 0 unspecified atom stereocenters. The number of nitrogens with zero attached hydrogens (tertiary/aromatic N) is 2. The van der Waals surface area contributed by atoms with Gasteiger partial charge in [-0.3, -0.25) is 4.79 Å². The van der Waals surface area contributed by atoms with Gasteiger partial charge < -0.3 is 4.98 Å². The van der Waals surface area contributed by atoms with Crippen LogP contribution in [0.25, 0.3) is 11.2 Å². The van der Waals surface area contributed by atoms with Crippen LogP contribution in [-0.4, -0.2) is 15.0 Å². The molecule has 2 heterocycles. The van der Waals surface area contributed by atoms with E-state index in [4.69, 9.17) is 0 Å². The lowest BCUT2D eigenvalue weighted by Gasteiger charge is -2.01. The highest BCUT2D eigenvalue weighted by Crippen LogP contribution is 2.12. The van der Waals surface area contributed by atoms with Gasteiger partial charge in [-0.25, -0.2) is 9.97 Å². The first-order valence-corrected chi connectivity index (χ1v) is 4.91. The fourth-order valence-corrected chi connectivity index (χ4v) is 1.48. The number of fused-ring (bicyclic) bond motifs is 1. The first-order chi connectivity index (χ1) is 6.58. The molecule has 0 aliphatic heterocycles. The standard InChI is InChI=1S/C9H8BrN3O/c1-4-5(2)12-8-7(11-4)3-6(10)9(14)13-8/h3H,1-2H3,(H,12,13,14). The lowest BCUT2D eigenvalue weighted by atomic mass is 10.3. The Hall–Kier alpha value is -1.23. The molecule has 0 radical (unpaired) electrons. The summed E-state index contributed by atoms with van der Waals surface area (Å²) >= 11 is 3.15. The van der Waals surface area contributed by atoms with E-state index in [-0.39, 0.29) is 5.56 Å². The molecular weight excluding hydrogens is 246 g/mol. The van der Waals surface area contributed by atoms with Crippen LogP contribution in [0.2, 0.25) is 0 Å². The molecule has 2 aromatic rings. The maximum atomic E-state index is 11.3. The Morgan fingerprint density at radius 3 is 2.64 bits per heavy atom. The molecule has 4 nitrogen and oxygen atoms in total. The quantitative estimate of drug-likeness (QED) is 0.778. The number of hydrogen-bond acceptors (Lipinski definition) is 3. The van der Waals surface area contributed by atoms with Gasteiger partial charge in [0, 0.05) is 0 Å². The molecule has 5 heteroatoms. The van der Waals surface area contributed by atoms with Crippen molar-refractivity contribution in [1.29, 1.82) is 0 Å². The van der Waals surface area contributed by atoms with Crippen LogP contribution in [-0.2, 0) is 0 Å². The zero-order chi connectivity index (χ0) is 10.3. The normalized spacial score (nSPS) is 10.8. The van der Waals surface area contributed by atoms with Crippen LogP contribution in [0, 0.1) is 13.8 Å². The SMILES string of the molecule is Cc1nc2cc(Br)c(=O)[nH]c2nc1C. The number of pyridine rings is 1. The number of rotatable bonds is 0. The molecule has 1 N–H and O–H groups in total. The molecule has 14 heavy (non-hydrogen) atoms. The van der Waals surface area contributed by atoms with Gasteiger partial charge >= 0.3 is 0 Å². The van der Waals surface area contributed by atoms with Crippen molar-refractivity contribution >= 4 is 27.1 Å².